The third kappa shape index (κ3) is 6.04. The molecule has 0 aromatic heterocycles. The minimum atomic E-state index is -4.90. The number of halogens is 7. The molecule has 0 amide bonds. The maximum absolute atomic E-state index is 13.1. The number of alkyl halides is 6. The van der Waals surface area contributed by atoms with Crippen molar-refractivity contribution in [2.45, 2.75) is 12.4 Å². The van der Waals surface area contributed by atoms with Crippen LogP contribution in [0.5, 0.6) is 5.75 Å². The van der Waals surface area contributed by atoms with Crippen molar-refractivity contribution >= 4 is 5.69 Å². The molecule has 0 bridgehead atoms. The van der Waals surface area contributed by atoms with E-state index < -0.39 is 42.4 Å². The fraction of sp³-hybridized carbons (Fsp3) is 0.278. The van der Waals surface area contributed by atoms with Gasteiger partial charge in [-0.15, -0.1) is 0 Å². The molecule has 150 valence electrons. The van der Waals surface area contributed by atoms with Gasteiger partial charge in [-0.2, -0.15) is 31.6 Å². The zero-order valence-corrected chi connectivity index (χ0v) is 14.1. The van der Waals surface area contributed by atoms with Crippen LogP contribution in [0.1, 0.15) is 11.1 Å². The highest BCUT2D eigenvalue weighted by Crippen LogP contribution is 2.35. The van der Waals surface area contributed by atoms with Gasteiger partial charge in [0.15, 0.2) is 0 Å². The summed E-state index contributed by atoms with van der Waals surface area (Å²) in [5.74, 6) is -0.533. The van der Waals surface area contributed by atoms with Crippen molar-refractivity contribution in [2.75, 3.05) is 24.6 Å². The minimum Gasteiger partial charge on any atom is -0.492 e. The van der Waals surface area contributed by atoms with Crippen LogP contribution in [-0.4, -0.2) is 25.9 Å². The number of benzene rings is 2. The number of hydrogen-bond donors (Lipinski definition) is 0. The molecule has 0 aliphatic carbocycles. The van der Waals surface area contributed by atoms with E-state index in [1.807, 2.05) is 0 Å². The molecule has 10 heteroatoms. The standard InChI is InChI=1S/C18H13F7N2O/c19-13-2-1-3-15(8-13)28-7-6-27(11-17(20,21)22)14-5-4-12(10-26)16(9-14)18(23,24)25/h1-5,8-9H,6-7,11H2. The van der Waals surface area contributed by atoms with Gasteiger partial charge in [-0.3, -0.25) is 0 Å². The van der Waals surface area contributed by atoms with E-state index >= 15 is 0 Å². The summed E-state index contributed by atoms with van der Waals surface area (Å²) in [4.78, 5) is 0.649. The highest BCUT2D eigenvalue weighted by molar-refractivity contribution is 5.55. The molecule has 0 heterocycles. The third-order valence-corrected chi connectivity index (χ3v) is 3.59. The molecule has 0 N–H and O–H groups in total. The Morgan fingerprint density at radius 3 is 2.29 bits per heavy atom. The molecule has 0 radical (unpaired) electrons. The summed E-state index contributed by atoms with van der Waals surface area (Å²) < 4.78 is 96.1. The van der Waals surface area contributed by atoms with Crippen LogP contribution in [0.3, 0.4) is 0 Å². The van der Waals surface area contributed by atoms with E-state index in [-0.39, 0.29) is 18.0 Å². The number of ether oxygens (including phenoxy) is 1. The zero-order chi connectivity index (χ0) is 20.9. The Morgan fingerprint density at radius 2 is 1.71 bits per heavy atom. The number of nitrogens with zero attached hydrogens (tertiary/aromatic N) is 2. The maximum atomic E-state index is 13.1. The summed E-state index contributed by atoms with van der Waals surface area (Å²) in [6.45, 7) is -2.27. The monoisotopic (exact) mass is 406 g/mol. The van der Waals surface area contributed by atoms with Gasteiger partial charge in [0.2, 0.25) is 0 Å². The lowest BCUT2D eigenvalue weighted by atomic mass is 10.1. The van der Waals surface area contributed by atoms with Crippen molar-refractivity contribution in [1.82, 2.24) is 0 Å². The molecule has 2 rings (SSSR count). The molecular weight excluding hydrogens is 393 g/mol. The van der Waals surface area contributed by atoms with E-state index in [2.05, 4.69) is 0 Å². The average molecular weight is 406 g/mol. The molecule has 0 atom stereocenters. The number of hydrogen-bond acceptors (Lipinski definition) is 3. The van der Waals surface area contributed by atoms with Crippen LogP contribution in [-0.2, 0) is 6.18 Å². The third-order valence-electron chi connectivity index (χ3n) is 3.59. The summed E-state index contributed by atoms with van der Waals surface area (Å²) in [5.41, 5.74) is -2.39. The van der Waals surface area contributed by atoms with Gasteiger partial charge >= 0.3 is 12.4 Å². The minimum absolute atomic E-state index is 0.0720. The van der Waals surface area contributed by atoms with Gasteiger partial charge in [0.1, 0.15) is 24.7 Å². The Kier molecular flexibility index (Phi) is 6.38. The van der Waals surface area contributed by atoms with E-state index in [9.17, 15) is 30.7 Å². The molecule has 0 unspecified atom stereocenters. The van der Waals surface area contributed by atoms with Crippen LogP contribution in [0.4, 0.5) is 36.4 Å². The zero-order valence-electron chi connectivity index (χ0n) is 14.1. The molecule has 3 nitrogen and oxygen atoms in total. The topological polar surface area (TPSA) is 36.3 Å². The Hall–Kier alpha value is -2.96. The molecule has 0 fully saturated rings. The molecule has 0 aliphatic heterocycles. The lowest BCUT2D eigenvalue weighted by Crippen LogP contribution is -2.37. The Morgan fingerprint density at radius 1 is 1.00 bits per heavy atom. The Bertz CT molecular complexity index is 856. The van der Waals surface area contributed by atoms with Gasteiger partial charge in [-0.1, -0.05) is 6.07 Å². The first-order valence-corrected chi connectivity index (χ1v) is 7.81. The van der Waals surface area contributed by atoms with Crippen LogP contribution in [0.25, 0.3) is 0 Å². The second kappa shape index (κ2) is 8.37. The Balaban J connectivity index is 2.24. The number of anilines is 1. The van der Waals surface area contributed by atoms with Crippen LogP contribution in [0.15, 0.2) is 42.5 Å². The SMILES string of the molecule is N#Cc1ccc(N(CCOc2cccc(F)c2)CC(F)(F)F)cc1C(F)(F)F. The van der Waals surface area contributed by atoms with Crippen molar-refractivity contribution in [1.29, 1.82) is 5.26 Å². The second-order valence-electron chi connectivity index (χ2n) is 5.68. The normalized spacial score (nSPS) is 11.8. The molecule has 0 saturated carbocycles. The largest absolute Gasteiger partial charge is 0.492 e. The first kappa shape index (κ1) is 21.3. The van der Waals surface area contributed by atoms with Crippen molar-refractivity contribution in [3.05, 3.63) is 59.4 Å². The maximum Gasteiger partial charge on any atom is 0.417 e. The van der Waals surface area contributed by atoms with Crippen molar-refractivity contribution < 1.29 is 35.5 Å². The van der Waals surface area contributed by atoms with Crippen LogP contribution >= 0.6 is 0 Å². The number of nitriles is 1. The summed E-state index contributed by atoms with van der Waals surface area (Å²) in [6.07, 6.45) is -9.59. The van der Waals surface area contributed by atoms with Crippen LogP contribution in [0, 0.1) is 17.1 Å². The fourth-order valence-corrected chi connectivity index (χ4v) is 2.41. The molecule has 28 heavy (non-hydrogen) atoms. The average Bonchev–Trinajstić information content (AvgIpc) is 2.58. The lowest BCUT2D eigenvalue weighted by Gasteiger charge is -2.27. The Labute approximate surface area is 155 Å². The molecule has 0 saturated heterocycles. The van der Waals surface area contributed by atoms with Gasteiger partial charge in [-0.25, -0.2) is 4.39 Å². The molecule has 0 spiro atoms. The predicted octanol–water partition coefficient (Wildman–Crippen LogP) is 5.16. The molecular formula is C18H13F7N2O. The van der Waals surface area contributed by atoms with Crippen molar-refractivity contribution in [3.8, 4) is 11.8 Å². The fourth-order valence-electron chi connectivity index (χ4n) is 2.41. The van der Waals surface area contributed by atoms with E-state index in [1.165, 1.54) is 18.2 Å². The second-order valence-corrected chi connectivity index (χ2v) is 5.68. The summed E-state index contributed by atoms with van der Waals surface area (Å²) >= 11 is 0. The summed E-state index contributed by atoms with van der Waals surface area (Å²) in [5, 5.41) is 8.79. The quantitative estimate of drug-likeness (QED) is 0.622. The van der Waals surface area contributed by atoms with E-state index in [4.69, 9.17) is 10.00 Å². The van der Waals surface area contributed by atoms with Gasteiger partial charge in [-0.05, 0) is 30.3 Å². The van der Waals surface area contributed by atoms with Crippen molar-refractivity contribution in [2.24, 2.45) is 0 Å². The predicted molar refractivity (Wildman–Crippen MR) is 86.3 cm³/mol. The molecule has 0 aliphatic rings. The van der Waals surface area contributed by atoms with Gasteiger partial charge < -0.3 is 9.64 Å². The summed E-state index contributed by atoms with van der Waals surface area (Å²) in [6, 6.07) is 8.58. The lowest BCUT2D eigenvalue weighted by molar-refractivity contribution is -0.137. The highest BCUT2D eigenvalue weighted by atomic mass is 19.4. The van der Waals surface area contributed by atoms with Gasteiger partial charge in [0, 0.05) is 11.8 Å². The summed E-state index contributed by atoms with van der Waals surface area (Å²) in [7, 11) is 0. The van der Waals surface area contributed by atoms with E-state index in [1.54, 1.807) is 0 Å². The van der Waals surface area contributed by atoms with Gasteiger partial charge in [0.05, 0.1) is 23.7 Å². The first-order valence-electron chi connectivity index (χ1n) is 7.81. The van der Waals surface area contributed by atoms with Crippen molar-refractivity contribution in [3.63, 3.8) is 0 Å². The van der Waals surface area contributed by atoms with Crippen LogP contribution < -0.4 is 9.64 Å². The van der Waals surface area contributed by atoms with E-state index in [0.29, 0.717) is 11.0 Å². The van der Waals surface area contributed by atoms with Crippen LogP contribution in [0.2, 0.25) is 0 Å². The first-order chi connectivity index (χ1) is 13.0. The van der Waals surface area contributed by atoms with E-state index in [0.717, 1.165) is 24.3 Å². The number of rotatable bonds is 6. The molecule has 2 aromatic rings. The highest BCUT2D eigenvalue weighted by Gasteiger charge is 2.36. The van der Waals surface area contributed by atoms with Gasteiger partial charge in [0.25, 0.3) is 0 Å². The smallest absolute Gasteiger partial charge is 0.417 e. The molecule has 2 aromatic carbocycles.